The first-order valence-corrected chi connectivity index (χ1v) is 9.75. The number of phenolic OH excluding ortho intramolecular Hbond substituents is 1. The molecular formula is C25H19N3O4. The second kappa shape index (κ2) is 9.09. The lowest BCUT2D eigenvalue weighted by Crippen LogP contribution is -2.14. The van der Waals surface area contributed by atoms with Gasteiger partial charge in [0, 0.05) is 23.5 Å². The van der Waals surface area contributed by atoms with Gasteiger partial charge in [0.25, 0.3) is 5.91 Å². The van der Waals surface area contributed by atoms with Crippen LogP contribution >= 0.6 is 0 Å². The van der Waals surface area contributed by atoms with Crippen LogP contribution < -0.4 is 5.32 Å². The number of esters is 1. The average molecular weight is 425 g/mol. The number of amides is 1. The lowest BCUT2D eigenvalue weighted by atomic mass is 10.0. The Morgan fingerprint density at radius 2 is 1.66 bits per heavy atom. The zero-order valence-electron chi connectivity index (χ0n) is 17.1. The highest BCUT2D eigenvalue weighted by atomic mass is 16.5. The molecule has 0 aliphatic heterocycles. The molecule has 7 heteroatoms. The zero-order valence-corrected chi connectivity index (χ0v) is 17.1. The van der Waals surface area contributed by atoms with E-state index in [2.05, 4.69) is 15.3 Å². The van der Waals surface area contributed by atoms with E-state index in [4.69, 9.17) is 4.74 Å². The Bertz CT molecular complexity index is 1270. The number of pyridine rings is 2. The lowest BCUT2D eigenvalue weighted by molar-refractivity contribution is 0.0600. The Labute approximate surface area is 184 Å². The number of ether oxygens (including phenoxy) is 1. The summed E-state index contributed by atoms with van der Waals surface area (Å²) in [6.07, 6.45) is 3.49. The molecule has 1 amide bonds. The van der Waals surface area contributed by atoms with Gasteiger partial charge in [0.05, 0.1) is 18.4 Å². The van der Waals surface area contributed by atoms with Crippen molar-refractivity contribution in [2.45, 2.75) is 0 Å². The molecule has 0 unspecified atom stereocenters. The minimum Gasteiger partial charge on any atom is -0.508 e. The van der Waals surface area contributed by atoms with E-state index in [0.717, 1.165) is 16.7 Å². The summed E-state index contributed by atoms with van der Waals surface area (Å²) in [5, 5.41) is 12.3. The zero-order chi connectivity index (χ0) is 22.5. The summed E-state index contributed by atoms with van der Waals surface area (Å²) in [5.41, 5.74) is 3.74. The molecule has 0 fully saturated rings. The summed E-state index contributed by atoms with van der Waals surface area (Å²) in [7, 11) is 1.29. The largest absolute Gasteiger partial charge is 0.508 e. The molecule has 2 aromatic heterocycles. The first kappa shape index (κ1) is 20.7. The van der Waals surface area contributed by atoms with Gasteiger partial charge in [-0.05, 0) is 47.5 Å². The van der Waals surface area contributed by atoms with Crippen LogP contribution in [0.5, 0.6) is 5.75 Å². The Morgan fingerprint density at radius 3 is 2.34 bits per heavy atom. The van der Waals surface area contributed by atoms with E-state index < -0.39 is 11.9 Å². The van der Waals surface area contributed by atoms with Crippen molar-refractivity contribution in [1.82, 2.24) is 9.97 Å². The Morgan fingerprint density at radius 1 is 0.875 bits per heavy atom. The molecule has 32 heavy (non-hydrogen) atoms. The van der Waals surface area contributed by atoms with Crippen molar-refractivity contribution in [1.29, 1.82) is 0 Å². The SMILES string of the molecule is COC(=O)c1cc(NC(=O)c2cccc(O)c2)nc(-c2ccc(-c3cccnc3)cc2)c1. The number of nitrogens with one attached hydrogen (secondary N) is 1. The van der Waals surface area contributed by atoms with Gasteiger partial charge in [0.1, 0.15) is 11.6 Å². The van der Waals surface area contributed by atoms with Gasteiger partial charge in [-0.15, -0.1) is 0 Å². The quantitative estimate of drug-likeness (QED) is 0.455. The minimum absolute atomic E-state index is 0.0247. The molecule has 2 aromatic carbocycles. The van der Waals surface area contributed by atoms with Crippen LogP contribution in [-0.4, -0.2) is 34.1 Å². The first-order valence-electron chi connectivity index (χ1n) is 9.75. The normalized spacial score (nSPS) is 10.4. The molecule has 0 bridgehead atoms. The van der Waals surface area contributed by atoms with Crippen molar-refractivity contribution < 1.29 is 19.4 Å². The molecule has 2 N–H and O–H groups in total. The molecule has 7 nitrogen and oxygen atoms in total. The Balaban J connectivity index is 1.67. The molecule has 0 spiro atoms. The number of carbonyl (C=O) groups excluding carboxylic acids is 2. The molecule has 0 atom stereocenters. The van der Waals surface area contributed by atoms with Crippen molar-refractivity contribution in [3.05, 3.63) is 96.3 Å². The number of carbonyl (C=O) groups is 2. The van der Waals surface area contributed by atoms with Gasteiger partial charge >= 0.3 is 5.97 Å². The molecule has 0 aliphatic carbocycles. The van der Waals surface area contributed by atoms with Crippen molar-refractivity contribution in [2.75, 3.05) is 12.4 Å². The van der Waals surface area contributed by atoms with E-state index in [1.54, 1.807) is 30.6 Å². The third-order valence-corrected chi connectivity index (χ3v) is 4.77. The van der Waals surface area contributed by atoms with E-state index in [0.29, 0.717) is 5.69 Å². The van der Waals surface area contributed by atoms with Crippen molar-refractivity contribution in [2.24, 2.45) is 0 Å². The molecular weight excluding hydrogens is 406 g/mol. The third kappa shape index (κ3) is 4.62. The smallest absolute Gasteiger partial charge is 0.338 e. The maximum absolute atomic E-state index is 12.6. The summed E-state index contributed by atoms with van der Waals surface area (Å²) < 4.78 is 4.85. The van der Waals surface area contributed by atoms with Gasteiger partial charge in [-0.2, -0.15) is 0 Å². The number of aromatic hydroxyl groups is 1. The average Bonchev–Trinajstić information content (AvgIpc) is 2.84. The molecule has 2 heterocycles. The standard InChI is InChI=1S/C25H19N3O4/c1-32-25(31)20-13-22(17-9-7-16(8-10-17)19-5-3-11-26-15-19)27-23(14-20)28-24(30)18-4-2-6-21(29)12-18/h2-15,29H,1H3,(H,27,28,30). The Hall–Kier alpha value is -4.52. The van der Waals surface area contributed by atoms with Crippen LogP contribution in [0.25, 0.3) is 22.4 Å². The van der Waals surface area contributed by atoms with Gasteiger partial charge < -0.3 is 15.2 Å². The maximum Gasteiger partial charge on any atom is 0.338 e. The molecule has 158 valence electrons. The van der Waals surface area contributed by atoms with Gasteiger partial charge in [0.2, 0.25) is 0 Å². The summed E-state index contributed by atoms with van der Waals surface area (Å²) in [5.74, 6) is -0.849. The van der Waals surface area contributed by atoms with E-state index in [9.17, 15) is 14.7 Å². The van der Waals surface area contributed by atoms with E-state index in [1.165, 1.54) is 25.3 Å². The summed E-state index contributed by atoms with van der Waals surface area (Å²) in [6.45, 7) is 0. The number of hydrogen-bond donors (Lipinski definition) is 2. The van der Waals surface area contributed by atoms with Gasteiger partial charge in [-0.3, -0.25) is 9.78 Å². The number of methoxy groups -OCH3 is 1. The first-order chi connectivity index (χ1) is 15.5. The molecule has 0 saturated carbocycles. The third-order valence-electron chi connectivity index (χ3n) is 4.77. The van der Waals surface area contributed by atoms with E-state index in [-0.39, 0.29) is 22.7 Å². The highest BCUT2D eigenvalue weighted by molar-refractivity contribution is 6.04. The fourth-order valence-corrected chi connectivity index (χ4v) is 3.18. The predicted octanol–water partition coefficient (Wildman–Crippen LogP) is 4.56. The summed E-state index contributed by atoms with van der Waals surface area (Å²) in [6, 6.07) is 20.5. The molecule has 0 radical (unpaired) electrons. The number of phenols is 1. The van der Waals surface area contributed by atoms with Gasteiger partial charge in [-0.25, -0.2) is 9.78 Å². The van der Waals surface area contributed by atoms with Gasteiger partial charge in [-0.1, -0.05) is 36.4 Å². The van der Waals surface area contributed by atoms with E-state index in [1.807, 2.05) is 36.4 Å². The van der Waals surface area contributed by atoms with E-state index >= 15 is 0 Å². The van der Waals surface area contributed by atoms with Crippen LogP contribution in [0.4, 0.5) is 5.82 Å². The molecule has 4 rings (SSSR count). The van der Waals surface area contributed by atoms with Crippen LogP contribution in [-0.2, 0) is 4.74 Å². The van der Waals surface area contributed by atoms with Crippen LogP contribution in [0.3, 0.4) is 0 Å². The second-order valence-electron chi connectivity index (χ2n) is 6.94. The maximum atomic E-state index is 12.6. The number of benzene rings is 2. The fourth-order valence-electron chi connectivity index (χ4n) is 3.18. The van der Waals surface area contributed by atoms with Crippen molar-refractivity contribution >= 4 is 17.7 Å². The van der Waals surface area contributed by atoms with Crippen molar-refractivity contribution in [3.63, 3.8) is 0 Å². The second-order valence-corrected chi connectivity index (χ2v) is 6.94. The van der Waals surface area contributed by atoms with Crippen molar-refractivity contribution in [3.8, 4) is 28.1 Å². The highest BCUT2D eigenvalue weighted by Gasteiger charge is 2.14. The van der Waals surface area contributed by atoms with Crippen LogP contribution in [0, 0.1) is 0 Å². The predicted molar refractivity (Wildman–Crippen MR) is 120 cm³/mol. The van der Waals surface area contributed by atoms with Crippen LogP contribution in [0.15, 0.2) is 85.2 Å². The summed E-state index contributed by atoms with van der Waals surface area (Å²) in [4.78, 5) is 33.4. The monoisotopic (exact) mass is 425 g/mol. The topological polar surface area (TPSA) is 101 Å². The van der Waals surface area contributed by atoms with Crippen LogP contribution in [0.2, 0.25) is 0 Å². The lowest BCUT2D eigenvalue weighted by Gasteiger charge is -2.10. The number of rotatable bonds is 5. The highest BCUT2D eigenvalue weighted by Crippen LogP contribution is 2.26. The Kier molecular flexibility index (Phi) is 5.89. The van der Waals surface area contributed by atoms with Crippen LogP contribution in [0.1, 0.15) is 20.7 Å². The van der Waals surface area contributed by atoms with Gasteiger partial charge in [0.15, 0.2) is 0 Å². The number of anilines is 1. The summed E-state index contributed by atoms with van der Waals surface area (Å²) >= 11 is 0. The molecule has 0 aliphatic rings. The number of aromatic nitrogens is 2. The molecule has 4 aromatic rings. The number of nitrogens with zero attached hydrogens (tertiary/aromatic N) is 2. The number of hydrogen-bond acceptors (Lipinski definition) is 6. The fraction of sp³-hybridized carbons (Fsp3) is 0.0400. The minimum atomic E-state index is -0.548. The molecule has 0 saturated heterocycles.